The number of benzene rings is 2. The summed E-state index contributed by atoms with van der Waals surface area (Å²) < 4.78 is 9.71. The summed E-state index contributed by atoms with van der Waals surface area (Å²) >= 11 is 0. The number of hydrogen-bond acceptors (Lipinski definition) is 6. The van der Waals surface area contributed by atoms with Gasteiger partial charge in [0.15, 0.2) is 13.2 Å². The zero-order chi connectivity index (χ0) is 22.3. The minimum Gasteiger partial charge on any atom is -0.436 e. The molecule has 2 aromatic carbocycles. The van der Waals surface area contributed by atoms with Gasteiger partial charge in [0.2, 0.25) is 0 Å². The molecule has 8 nitrogen and oxygen atoms in total. The van der Waals surface area contributed by atoms with E-state index in [0.29, 0.717) is 17.8 Å². The fourth-order valence-corrected chi connectivity index (χ4v) is 2.37. The summed E-state index contributed by atoms with van der Waals surface area (Å²) in [4.78, 5) is 23.3. The van der Waals surface area contributed by atoms with E-state index in [1.807, 2.05) is 24.3 Å². The van der Waals surface area contributed by atoms with Crippen molar-refractivity contribution in [2.45, 2.75) is 6.42 Å². The first-order valence-corrected chi connectivity index (χ1v) is 9.29. The molecule has 0 aliphatic carbocycles. The van der Waals surface area contributed by atoms with Crippen LogP contribution in [0.1, 0.15) is 11.1 Å². The Morgan fingerprint density at radius 1 is 0.677 bits per heavy atom. The van der Waals surface area contributed by atoms with Crippen molar-refractivity contribution < 1.29 is 29.3 Å². The molecule has 0 saturated carbocycles. The van der Waals surface area contributed by atoms with Gasteiger partial charge in [-0.3, -0.25) is 10.6 Å². The normalized spacial score (nSPS) is 9.35. The van der Waals surface area contributed by atoms with E-state index in [2.05, 4.69) is 34.3 Å². The van der Waals surface area contributed by atoms with Crippen LogP contribution in [0.3, 0.4) is 0 Å². The number of nitrogens with one attached hydrogen (secondary N) is 2. The highest BCUT2D eigenvalue weighted by atomic mass is 16.6. The maximum atomic E-state index is 11.6. The molecule has 0 bridgehead atoms. The van der Waals surface area contributed by atoms with Crippen molar-refractivity contribution >= 4 is 23.6 Å². The van der Waals surface area contributed by atoms with Gasteiger partial charge in [-0.05, 0) is 41.8 Å². The van der Waals surface area contributed by atoms with Crippen molar-refractivity contribution in [3.05, 3.63) is 59.7 Å². The molecule has 0 fully saturated rings. The van der Waals surface area contributed by atoms with Gasteiger partial charge in [-0.25, -0.2) is 9.59 Å². The van der Waals surface area contributed by atoms with Crippen molar-refractivity contribution in [2.75, 3.05) is 37.1 Å². The lowest BCUT2D eigenvalue weighted by Crippen LogP contribution is -2.13. The Hall–Kier alpha value is -3.98. The number of aliphatic hydroxyl groups is 2. The number of anilines is 2. The summed E-state index contributed by atoms with van der Waals surface area (Å²) in [6.07, 6.45) is -0.577. The van der Waals surface area contributed by atoms with Crippen LogP contribution < -0.4 is 10.6 Å². The molecule has 160 valence electrons. The molecule has 0 aromatic heterocycles. The van der Waals surface area contributed by atoms with Crippen LogP contribution >= 0.6 is 0 Å². The Balaban J connectivity index is 1.81. The van der Waals surface area contributed by atoms with Gasteiger partial charge in [-0.2, -0.15) is 0 Å². The summed E-state index contributed by atoms with van der Waals surface area (Å²) in [5, 5.41) is 22.2. The van der Waals surface area contributed by atoms with E-state index in [4.69, 9.17) is 19.7 Å². The molecule has 0 spiro atoms. The van der Waals surface area contributed by atoms with Crippen LogP contribution in [0.5, 0.6) is 0 Å². The second-order valence-corrected chi connectivity index (χ2v) is 6.00. The Morgan fingerprint density at radius 2 is 1.06 bits per heavy atom. The molecular weight excluding hydrogens is 400 g/mol. The van der Waals surface area contributed by atoms with E-state index in [9.17, 15) is 9.59 Å². The van der Waals surface area contributed by atoms with Gasteiger partial charge >= 0.3 is 12.2 Å². The van der Waals surface area contributed by atoms with Gasteiger partial charge < -0.3 is 19.7 Å². The molecular formula is C23H22N2O6. The minimum absolute atomic E-state index is 0.0924. The summed E-state index contributed by atoms with van der Waals surface area (Å²) in [7, 11) is 0. The number of ether oxygens (including phenoxy) is 2. The first-order valence-electron chi connectivity index (χ1n) is 9.29. The lowest BCUT2D eigenvalue weighted by molar-refractivity contribution is 0.175. The first-order chi connectivity index (χ1) is 15.1. The van der Waals surface area contributed by atoms with E-state index in [1.165, 1.54) is 0 Å². The van der Waals surface area contributed by atoms with E-state index in [1.54, 1.807) is 24.3 Å². The highest BCUT2D eigenvalue weighted by Crippen LogP contribution is 2.16. The lowest BCUT2D eigenvalue weighted by atomic mass is 10.0. The third-order valence-electron chi connectivity index (χ3n) is 3.77. The molecule has 0 heterocycles. The van der Waals surface area contributed by atoms with Crippen LogP contribution in [0.25, 0.3) is 0 Å². The quantitative estimate of drug-likeness (QED) is 0.531. The number of rotatable bonds is 6. The molecule has 8 heteroatoms. The van der Waals surface area contributed by atoms with Crippen molar-refractivity contribution in [2.24, 2.45) is 0 Å². The Kier molecular flexibility index (Phi) is 9.98. The number of aliphatic hydroxyl groups excluding tert-OH is 2. The first kappa shape index (κ1) is 23.3. The highest BCUT2D eigenvalue weighted by molar-refractivity contribution is 5.85. The van der Waals surface area contributed by atoms with Gasteiger partial charge in [0.05, 0.1) is 0 Å². The van der Waals surface area contributed by atoms with Crippen LogP contribution in [0, 0.1) is 23.7 Å². The summed E-state index contributed by atoms with van der Waals surface area (Å²) in [6, 6.07) is 14.6. The standard InChI is InChI=1S/C23H22N2O6/c26-13-1-3-15-30-22(28)24-20-9-5-18(6-10-20)17-19-7-11-21(12-8-19)25-23(29)31-16-4-2-14-27/h5-12,26-27H,13-17H2,(H,24,28)(H,25,29). The van der Waals surface area contributed by atoms with E-state index < -0.39 is 12.2 Å². The van der Waals surface area contributed by atoms with Gasteiger partial charge in [0.1, 0.15) is 13.2 Å². The third-order valence-corrected chi connectivity index (χ3v) is 3.77. The molecule has 31 heavy (non-hydrogen) atoms. The van der Waals surface area contributed by atoms with Crippen molar-refractivity contribution in [1.82, 2.24) is 0 Å². The maximum Gasteiger partial charge on any atom is 0.412 e. The molecule has 2 aromatic rings. The van der Waals surface area contributed by atoms with Gasteiger partial charge in [0.25, 0.3) is 0 Å². The molecule has 0 aliphatic heterocycles. The second kappa shape index (κ2) is 13.3. The zero-order valence-electron chi connectivity index (χ0n) is 16.7. The summed E-state index contributed by atoms with van der Waals surface area (Å²) in [5.74, 6) is 9.75. The summed E-state index contributed by atoms with van der Waals surface area (Å²) in [5.41, 5.74) is 3.25. The maximum absolute atomic E-state index is 11.6. The molecule has 2 amide bonds. The highest BCUT2D eigenvalue weighted by Gasteiger charge is 2.04. The SMILES string of the molecule is O=C(Nc1ccc(Cc2ccc(NC(=O)OCC#CCO)cc2)cc1)OCC#CCO. The molecule has 0 aliphatic rings. The Morgan fingerprint density at radius 3 is 1.42 bits per heavy atom. The van der Waals surface area contributed by atoms with Crippen molar-refractivity contribution in [3.63, 3.8) is 0 Å². The molecule has 2 rings (SSSR count). The average Bonchev–Trinajstić information content (AvgIpc) is 2.77. The smallest absolute Gasteiger partial charge is 0.412 e. The van der Waals surface area contributed by atoms with Crippen LogP contribution in [0.15, 0.2) is 48.5 Å². The predicted octanol–water partition coefficient (Wildman–Crippen LogP) is 2.37. The number of amides is 2. The zero-order valence-corrected chi connectivity index (χ0v) is 16.7. The number of carbonyl (C=O) groups is 2. The molecule has 0 unspecified atom stereocenters. The van der Waals surface area contributed by atoms with Gasteiger partial charge in [-0.1, -0.05) is 47.9 Å². The second-order valence-electron chi connectivity index (χ2n) is 6.00. The van der Waals surface area contributed by atoms with E-state index in [-0.39, 0.29) is 26.4 Å². The molecule has 0 atom stereocenters. The number of carbonyl (C=O) groups excluding carboxylic acids is 2. The average molecular weight is 422 g/mol. The van der Waals surface area contributed by atoms with Crippen LogP contribution in [0.2, 0.25) is 0 Å². The molecule has 0 radical (unpaired) electrons. The van der Waals surface area contributed by atoms with Gasteiger partial charge in [0, 0.05) is 11.4 Å². The monoisotopic (exact) mass is 422 g/mol. The largest absolute Gasteiger partial charge is 0.436 e. The molecule has 0 saturated heterocycles. The summed E-state index contributed by atoms with van der Waals surface area (Å²) in [6.45, 7) is -0.740. The minimum atomic E-state index is -0.623. The van der Waals surface area contributed by atoms with E-state index in [0.717, 1.165) is 11.1 Å². The Labute approximate surface area is 180 Å². The lowest BCUT2D eigenvalue weighted by Gasteiger charge is -2.08. The fourth-order valence-electron chi connectivity index (χ4n) is 2.37. The van der Waals surface area contributed by atoms with Crippen LogP contribution in [0.4, 0.5) is 21.0 Å². The van der Waals surface area contributed by atoms with Crippen molar-refractivity contribution in [1.29, 1.82) is 0 Å². The topological polar surface area (TPSA) is 117 Å². The van der Waals surface area contributed by atoms with Crippen LogP contribution in [-0.2, 0) is 15.9 Å². The van der Waals surface area contributed by atoms with Gasteiger partial charge in [-0.15, -0.1) is 0 Å². The fraction of sp³-hybridized carbons (Fsp3) is 0.217. The third kappa shape index (κ3) is 9.37. The molecule has 4 N–H and O–H groups in total. The predicted molar refractivity (Wildman–Crippen MR) is 115 cm³/mol. The van der Waals surface area contributed by atoms with Crippen molar-refractivity contribution in [3.8, 4) is 23.7 Å². The Bertz CT molecular complexity index is 898. The van der Waals surface area contributed by atoms with Crippen LogP contribution in [-0.4, -0.2) is 48.8 Å². The number of hydrogen-bond donors (Lipinski definition) is 4. The van der Waals surface area contributed by atoms with E-state index >= 15 is 0 Å².